The van der Waals surface area contributed by atoms with Crippen LogP contribution in [0.3, 0.4) is 0 Å². The summed E-state index contributed by atoms with van der Waals surface area (Å²) < 4.78 is 0. The third kappa shape index (κ3) is 3.49. The van der Waals surface area contributed by atoms with Gasteiger partial charge < -0.3 is 10.4 Å². The zero-order valence-electron chi connectivity index (χ0n) is 13.5. The first-order valence-corrected chi connectivity index (χ1v) is 7.91. The van der Waals surface area contributed by atoms with Crippen molar-refractivity contribution in [2.45, 2.75) is 51.5 Å². The van der Waals surface area contributed by atoms with E-state index in [9.17, 15) is 9.59 Å². The number of nitrogens with one attached hydrogen (secondary N) is 1. The number of carboxylic acids is 1. The lowest BCUT2D eigenvalue weighted by Gasteiger charge is -2.33. The predicted octanol–water partition coefficient (Wildman–Crippen LogP) is 2.97. The fraction of sp³-hybridized carbons (Fsp3) is 0.556. The zero-order chi connectivity index (χ0) is 16.3. The third-order valence-electron chi connectivity index (χ3n) is 5.11. The van der Waals surface area contributed by atoms with Gasteiger partial charge in [-0.25, -0.2) is 0 Å². The number of amides is 1. The molecule has 1 aliphatic carbocycles. The Bertz CT molecular complexity index is 539. The van der Waals surface area contributed by atoms with Gasteiger partial charge in [-0.1, -0.05) is 44.2 Å². The SMILES string of the molecule is CC(NC(=O)[C@@H]1CC[C@H](C(=O)O)C1)C(C)(C)c1ccccc1. The quantitative estimate of drug-likeness (QED) is 0.879. The molecule has 1 unspecified atom stereocenters. The van der Waals surface area contributed by atoms with E-state index in [1.807, 2.05) is 25.1 Å². The van der Waals surface area contributed by atoms with Crippen LogP contribution >= 0.6 is 0 Å². The van der Waals surface area contributed by atoms with Crippen LogP contribution in [0.25, 0.3) is 0 Å². The molecule has 1 aromatic carbocycles. The van der Waals surface area contributed by atoms with Crippen molar-refractivity contribution in [1.82, 2.24) is 5.32 Å². The van der Waals surface area contributed by atoms with Gasteiger partial charge in [0.2, 0.25) is 5.91 Å². The Morgan fingerprint density at radius 2 is 1.77 bits per heavy atom. The van der Waals surface area contributed by atoms with Crippen molar-refractivity contribution in [2.75, 3.05) is 0 Å². The van der Waals surface area contributed by atoms with E-state index in [1.165, 1.54) is 5.56 Å². The van der Waals surface area contributed by atoms with Crippen LogP contribution in [0.1, 0.15) is 45.6 Å². The molecule has 0 radical (unpaired) electrons. The highest BCUT2D eigenvalue weighted by Crippen LogP contribution is 2.32. The van der Waals surface area contributed by atoms with Crippen LogP contribution in [0.2, 0.25) is 0 Å². The predicted molar refractivity (Wildman–Crippen MR) is 85.5 cm³/mol. The summed E-state index contributed by atoms with van der Waals surface area (Å²) in [5.74, 6) is -1.34. The number of carbonyl (C=O) groups excluding carboxylic acids is 1. The summed E-state index contributed by atoms with van der Waals surface area (Å²) in [5, 5.41) is 12.1. The van der Waals surface area contributed by atoms with Gasteiger partial charge in [-0.15, -0.1) is 0 Å². The van der Waals surface area contributed by atoms with E-state index in [4.69, 9.17) is 5.11 Å². The second-order valence-corrected chi connectivity index (χ2v) is 6.86. The van der Waals surface area contributed by atoms with Crippen molar-refractivity contribution in [3.63, 3.8) is 0 Å². The summed E-state index contributed by atoms with van der Waals surface area (Å²) in [4.78, 5) is 23.4. The van der Waals surface area contributed by atoms with Crippen molar-refractivity contribution in [2.24, 2.45) is 11.8 Å². The number of aliphatic carboxylic acids is 1. The summed E-state index contributed by atoms with van der Waals surface area (Å²) >= 11 is 0. The van der Waals surface area contributed by atoms with Gasteiger partial charge in [-0.2, -0.15) is 0 Å². The number of benzene rings is 1. The minimum absolute atomic E-state index is 0.0137. The number of carbonyl (C=O) groups is 2. The Balaban J connectivity index is 1.98. The second kappa shape index (κ2) is 6.51. The van der Waals surface area contributed by atoms with E-state index in [1.54, 1.807) is 0 Å². The summed E-state index contributed by atoms with van der Waals surface area (Å²) in [6, 6.07) is 10.1. The van der Waals surface area contributed by atoms with Crippen molar-refractivity contribution < 1.29 is 14.7 Å². The smallest absolute Gasteiger partial charge is 0.306 e. The van der Waals surface area contributed by atoms with Crippen LogP contribution in [0.5, 0.6) is 0 Å². The minimum atomic E-state index is -0.784. The summed E-state index contributed by atoms with van der Waals surface area (Å²) in [5.41, 5.74) is 1.000. The van der Waals surface area contributed by atoms with Crippen molar-refractivity contribution in [3.8, 4) is 0 Å². The molecule has 22 heavy (non-hydrogen) atoms. The van der Waals surface area contributed by atoms with Gasteiger partial charge in [0, 0.05) is 17.4 Å². The summed E-state index contributed by atoms with van der Waals surface area (Å²) in [6.07, 6.45) is 1.73. The Hall–Kier alpha value is -1.84. The molecule has 1 saturated carbocycles. The molecule has 0 saturated heterocycles. The normalized spacial score (nSPS) is 23.0. The number of hydrogen-bond acceptors (Lipinski definition) is 2. The van der Waals surface area contributed by atoms with Crippen molar-refractivity contribution in [3.05, 3.63) is 35.9 Å². The Kier molecular flexibility index (Phi) is 4.89. The molecule has 0 spiro atoms. The molecule has 3 atom stereocenters. The summed E-state index contributed by atoms with van der Waals surface area (Å²) in [6.45, 7) is 6.23. The molecule has 2 rings (SSSR count). The molecular formula is C18H25NO3. The van der Waals surface area contributed by atoms with Gasteiger partial charge in [-0.3, -0.25) is 9.59 Å². The molecule has 120 valence electrons. The van der Waals surface area contributed by atoms with Crippen LogP contribution in [0.4, 0.5) is 0 Å². The first-order chi connectivity index (χ1) is 10.3. The molecule has 0 aliphatic heterocycles. The lowest BCUT2D eigenvalue weighted by atomic mass is 9.78. The molecule has 1 aromatic rings. The average molecular weight is 303 g/mol. The molecule has 1 aliphatic rings. The fourth-order valence-corrected chi connectivity index (χ4v) is 3.07. The maximum Gasteiger partial charge on any atom is 0.306 e. The van der Waals surface area contributed by atoms with Crippen molar-refractivity contribution >= 4 is 11.9 Å². The monoisotopic (exact) mass is 303 g/mol. The molecular weight excluding hydrogens is 278 g/mol. The average Bonchev–Trinajstić information content (AvgIpc) is 2.98. The highest BCUT2D eigenvalue weighted by molar-refractivity contribution is 5.81. The molecule has 4 nitrogen and oxygen atoms in total. The second-order valence-electron chi connectivity index (χ2n) is 6.86. The third-order valence-corrected chi connectivity index (χ3v) is 5.11. The molecule has 1 fully saturated rings. The van der Waals surface area contributed by atoms with Gasteiger partial charge in [0.25, 0.3) is 0 Å². The van der Waals surface area contributed by atoms with Crippen LogP contribution < -0.4 is 5.32 Å². The fourth-order valence-electron chi connectivity index (χ4n) is 3.07. The minimum Gasteiger partial charge on any atom is -0.481 e. The maximum absolute atomic E-state index is 12.4. The largest absolute Gasteiger partial charge is 0.481 e. The van der Waals surface area contributed by atoms with Gasteiger partial charge in [-0.05, 0) is 31.7 Å². The molecule has 0 heterocycles. The van der Waals surface area contributed by atoms with Gasteiger partial charge in [0.15, 0.2) is 0 Å². The van der Waals surface area contributed by atoms with E-state index < -0.39 is 5.97 Å². The summed E-state index contributed by atoms with van der Waals surface area (Å²) in [7, 11) is 0. The van der Waals surface area contributed by atoms with Crippen LogP contribution in [0.15, 0.2) is 30.3 Å². The number of rotatable bonds is 5. The number of carboxylic acid groups (broad SMARTS) is 1. The number of hydrogen-bond donors (Lipinski definition) is 2. The van der Waals surface area contributed by atoms with E-state index in [-0.39, 0.29) is 29.2 Å². The van der Waals surface area contributed by atoms with E-state index >= 15 is 0 Å². The van der Waals surface area contributed by atoms with Gasteiger partial charge in [0.05, 0.1) is 5.92 Å². The Morgan fingerprint density at radius 3 is 2.32 bits per heavy atom. The van der Waals surface area contributed by atoms with Crippen molar-refractivity contribution in [1.29, 1.82) is 0 Å². The van der Waals surface area contributed by atoms with Crippen LogP contribution in [-0.4, -0.2) is 23.0 Å². The van der Waals surface area contributed by atoms with E-state index in [0.29, 0.717) is 19.3 Å². The lowest BCUT2D eigenvalue weighted by molar-refractivity contribution is -0.141. The molecule has 0 aromatic heterocycles. The van der Waals surface area contributed by atoms with E-state index in [2.05, 4.69) is 31.3 Å². The molecule has 1 amide bonds. The van der Waals surface area contributed by atoms with Crippen LogP contribution in [-0.2, 0) is 15.0 Å². The topological polar surface area (TPSA) is 66.4 Å². The van der Waals surface area contributed by atoms with Gasteiger partial charge in [0.1, 0.15) is 0 Å². The molecule has 4 heteroatoms. The highest BCUT2D eigenvalue weighted by atomic mass is 16.4. The first kappa shape index (κ1) is 16.5. The Labute approximate surface area is 131 Å². The maximum atomic E-state index is 12.4. The Morgan fingerprint density at radius 1 is 1.18 bits per heavy atom. The first-order valence-electron chi connectivity index (χ1n) is 7.91. The molecule has 2 N–H and O–H groups in total. The standard InChI is InChI=1S/C18H25NO3/c1-12(18(2,3)15-7-5-4-6-8-15)19-16(20)13-9-10-14(11-13)17(21)22/h4-8,12-14H,9-11H2,1-3H3,(H,19,20)(H,21,22)/t12?,13-,14+/m1/s1. The zero-order valence-corrected chi connectivity index (χ0v) is 13.5. The van der Waals surface area contributed by atoms with Gasteiger partial charge >= 0.3 is 5.97 Å². The lowest BCUT2D eigenvalue weighted by Crippen LogP contribution is -2.47. The van der Waals surface area contributed by atoms with Crippen LogP contribution in [0, 0.1) is 11.8 Å². The van der Waals surface area contributed by atoms with E-state index in [0.717, 1.165) is 0 Å². The molecule has 0 bridgehead atoms. The highest BCUT2D eigenvalue weighted by Gasteiger charge is 2.36.